The molecule has 0 atom stereocenters. The quantitative estimate of drug-likeness (QED) is 0.689. The van der Waals surface area contributed by atoms with Gasteiger partial charge in [-0.15, -0.1) is 11.6 Å². The molecular weight excluding hydrogens is 216 g/mol. The van der Waals surface area contributed by atoms with Crippen LogP contribution in [0.5, 0.6) is 0 Å². The fourth-order valence-corrected chi connectivity index (χ4v) is 1.95. The van der Waals surface area contributed by atoms with Crippen molar-refractivity contribution in [2.45, 2.75) is 19.2 Å². The minimum atomic E-state index is 0.588. The van der Waals surface area contributed by atoms with Gasteiger partial charge in [-0.2, -0.15) is 0 Å². The second kappa shape index (κ2) is 5.18. The third kappa shape index (κ3) is 2.65. The molecule has 0 fully saturated rings. The maximum Gasteiger partial charge on any atom is 0.0474 e. The summed E-state index contributed by atoms with van der Waals surface area (Å²) in [5.41, 5.74) is 5.25. The van der Waals surface area contributed by atoms with E-state index in [2.05, 4.69) is 55.5 Å². The Kier molecular flexibility index (Phi) is 3.63. The van der Waals surface area contributed by atoms with Gasteiger partial charge in [0.15, 0.2) is 0 Å². The van der Waals surface area contributed by atoms with Crippen molar-refractivity contribution in [1.29, 1.82) is 0 Å². The molecule has 82 valence electrons. The van der Waals surface area contributed by atoms with Crippen molar-refractivity contribution in [2.75, 3.05) is 0 Å². The third-order valence-corrected chi connectivity index (χ3v) is 3.14. The van der Waals surface area contributed by atoms with Crippen molar-refractivity contribution in [3.63, 3.8) is 0 Å². The highest BCUT2D eigenvalue weighted by Gasteiger charge is 1.99. The Bertz CT molecular complexity index is 457. The molecule has 0 spiro atoms. The molecule has 0 unspecified atom stereocenters. The van der Waals surface area contributed by atoms with Gasteiger partial charge in [0.2, 0.25) is 0 Å². The zero-order chi connectivity index (χ0) is 11.4. The van der Waals surface area contributed by atoms with Crippen molar-refractivity contribution in [2.24, 2.45) is 0 Å². The first kappa shape index (κ1) is 11.2. The van der Waals surface area contributed by atoms with E-state index in [1.807, 2.05) is 0 Å². The van der Waals surface area contributed by atoms with E-state index < -0.39 is 0 Å². The summed E-state index contributed by atoms with van der Waals surface area (Å²) < 4.78 is 0. The van der Waals surface area contributed by atoms with E-state index in [-0.39, 0.29) is 0 Å². The third-order valence-electron chi connectivity index (χ3n) is 2.83. The fourth-order valence-electron chi connectivity index (χ4n) is 1.77. The first-order valence-corrected chi connectivity index (χ1v) is 6.01. The van der Waals surface area contributed by atoms with Crippen LogP contribution in [-0.4, -0.2) is 0 Å². The molecule has 1 heteroatoms. The lowest BCUT2D eigenvalue weighted by Crippen LogP contribution is -1.91. The van der Waals surface area contributed by atoms with Crippen LogP contribution in [0.2, 0.25) is 0 Å². The number of hydrogen-bond donors (Lipinski definition) is 0. The van der Waals surface area contributed by atoms with Gasteiger partial charge in [0.05, 0.1) is 0 Å². The van der Waals surface area contributed by atoms with E-state index in [9.17, 15) is 0 Å². The van der Waals surface area contributed by atoms with Crippen LogP contribution in [0.25, 0.3) is 0 Å². The lowest BCUT2D eigenvalue weighted by Gasteiger charge is -2.06. The maximum absolute atomic E-state index is 5.76. The van der Waals surface area contributed by atoms with Gasteiger partial charge in [-0.3, -0.25) is 0 Å². The smallest absolute Gasteiger partial charge is 0.0474 e. The van der Waals surface area contributed by atoms with Crippen molar-refractivity contribution in [3.8, 4) is 0 Å². The SMILES string of the molecule is Cc1ccccc1Cc1ccc(CCl)cc1. The monoisotopic (exact) mass is 230 g/mol. The predicted octanol–water partition coefficient (Wildman–Crippen LogP) is 4.32. The number of aryl methyl sites for hydroxylation is 1. The van der Waals surface area contributed by atoms with Gasteiger partial charge in [0.25, 0.3) is 0 Å². The van der Waals surface area contributed by atoms with Gasteiger partial charge in [-0.1, -0.05) is 48.5 Å². The van der Waals surface area contributed by atoms with E-state index >= 15 is 0 Å². The number of benzene rings is 2. The molecule has 2 aromatic carbocycles. The molecule has 0 bridgehead atoms. The molecule has 16 heavy (non-hydrogen) atoms. The van der Waals surface area contributed by atoms with E-state index in [0.29, 0.717) is 5.88 Å². The van der Waals surface area contributed by atoms with Gasteiger partial charge < -0.3 is 0 Å². The van der Waals surface area contributed by atoms with Crippen LogP contribution in [0.3, 0.4) is 0 Å². The molecule has 0 amide bonds. The molecule has 0 saturated heterocycles. The lowest BCUT2D eigenvalue weighted by molar-refractivity contribution is 1.15. The highest BCUT2D eigenvalue weighted by Crippen LogP contribution is 2.14. The van der Waals surface area contributed by atoms with Gasteiger partial charge in [0, 0.05) is 5.88 Å². The molecular formula is C15H15Cl. The van der Waals surface area contributed by atoms with Crippen LogP contribution in [0.4, 0.5) is 0 Å². The molecule has 2 aromatic rings. The molecule has 0 aliphatic carbocycles. The lowest BCUT2D eigenvalue weighted by atomic mass is 10.0. The normalized spacial score (nSPS) is 10.4. The summed E-state index contributed by atoms with van der Waals surface area (Å²) in [6.45, 7) is 2.16. The average molecular weight is 231 g/mol. The summed E-state index contributed by atoms with van der Waals surface area (Å²) in [6, 6.07) is 17.0. The minimum Gasteiger partial charge on any atom is -0.122 e. The van der Waals surface area contributed by atoms with Crippen LogP contribution in [0.15, 0.2) is 48.5 Å². The van der Waals surface area contributed by atoms with Crippen LogP contribution in [0.1, 0.15) is 22.3 Å². The molecule has 0 aliphatic rings. The van der Waals surface area contributed by atoms with Crippen molar-refractivity contribution in [3.05, 3.63) is 70.8 Å². The Balaban J connectivity index is 2.18. The number of alkyl halides is 1. The van der Waals surface area contributed by atoms with Gasteiger partial charge in [-0.05, 0) is 35.6 Å². The van der Waals surface area contributed by atoms with E-state index in [1.54, 1.807) is 0 Å². The average Bonchev–Trinajstić information content (AvgIpc) is 2.33. The zero-order valence-electron chi connectivity index (χ0n) is 9.41. The van der Waals surface area contributed by atoms with Crippen LogP contribution >= 0.6 is 11.6 Å². The second-order valence-electron chi connectivity index (χ2n) is 4.05. The fraction of sp³-hybridized carbons (Fsp3) is 0.200. The van der Waals surface area contributed by atoms with E-state index in [4.69, 9.17) is 11.6 Å². The van der Waals surface area contributed by atoms with Crippen LogP contribution in [-0.2, 0) is 12.3 Å². The van der Waals surface area contributed by atoms with Crippen molar-refractivity contribution in [1.82, 2.24) is 0 Å². The summed E-state index contributed by atoms with van der Waals surface area (Å²) in [5, 5.41) is 0. The summed E-state index contributed by atoms with van der Waals surface area (Å²) in [5.74, 6) is 0.588. The molecule has 0 saturated carbocycles. The highest BCUT2D eigenvalue weighted by atomic mass is 35.5. The van der Waals surface area contributed by atoms with Crippen LogP contribution in [0, 0.1) is 6.92 Å². The van der Waals surface area contributed by atoms with Gasteiger partial charge in [-0.25, -0.2) is 0 Å². The summed E-state index contributed by atoms with van der Waals surface area (Å²) >= 11 is 5.76. The summed E-state index contributed by atoms with van der Waals surface area (Å²) in [7, 11) is 0. The topological polar surface area (TPSA) is 0 Å². The maximum atomic E-state index is 5.76. The largest absolute Gasteiger partial charge is 0.122 e. The van der Waals surface area contributed by atoms with E-state index in [1.165, 1.54) is 22.3 Å². The Morgan fingerprint density at radius 2 is 1.50 bits per heavy atom. The number of halogens is 1. The number of hydrogen-bond acceptors (Lipinski definition) is 0. The van der Waals surface area contributed by atoms with Crippen molar-refractivity contribution >= 4 is 11.6 Å². The highest BCUT2D eigenvalue weighted by molar-refractivity contribution is 6.17. The number of rotatable bonds is 3. The molecule has 0 aliphatic heterocycles. The first-order chi connectivity index (χ1) is 7.79. The van der Waals surface area contributed by atoms with Crippen molar-refractivity contribution < 1.29 is 0 Å². The Morgan fingerprint density at radius 3 is 2.12 bits per heavy atom. The Labute approximate surface area is 102 Å². The Morgan fingerprint density at radius 1 is 0.875 bits per heavy atom. The zero-order valence-corrected chi connectivity index (χ0v) is 10.2. The molecule has 0 nitrogen and oxygen atoms in total. The summed E-state index contributed by atoms with van der Waals surface area (Å²) in [4.78, 5) is 0. The first-order valence-electron chi connectivity index (χ1n) is 5.48. The molecule has 0 N–H and O–H groups in total. The molecule has 0 radical (unpaired) electrons. The molecule has 2 rings (SSSR count). The second-order valence-corrected chi connectivity index (χ2v) is 4.32. The van der Waals surface area contributed by atoms with Gasteiger partial charge in [0.1, 0.15) is 0 Å². The standard InChI is InChI=1S/C15H15Cl/c1-12-4-2-3-5-15(12)10-13-6-8-14(11-16)9-7-13/h2-9H,10-11H2,1H3. The summed E-state index contributed by atoms with van der Waals surface area (Å²) in [6.07, 6.45) is 0.995. The minimum absolute atomic E-state index is 0.588. The predicted molar refractivity (Wildman–Crippen MR) is 70.0 cm³/mol. The molecule has 0 heterocycles. The Hall–Kier alpha value is -1.27. The van der Waals surface area contributed by atoms with E-state index in [0.717, 1.165) is 6.42 Å². The van der Waals surface area contributed by atoms with Gasteiger partial charge >= 0.3 is 0 Å². The molecule has 0 aromatic heterocycles. The van der Waals surface area contributed by atoms with Crippen LogP contribution < -0.4 is 0 Å².